The lowest BCUT2D eigenvalue weighted by molar-refractivity contribution is -0.0368. The van der Waals surface area contributed by atoms with Gasteiger partial charge in [0.15, 0.2) is 0 Å². The molecule has 2 nitrogen and oxygen atoms in total. The van der Waals surface area contributed by atoms with Gasteiger partial charge in [-0.15, -0.1) is 0 Å². The van der Waals surface area contributed by atoms with Crippen LogP contribution in [-0.2, 0) is 4.74 Å². The second-order valence-electron chi connectivity index (χ2n) is 4.93. The van der Waals surface area contributed by atoms with Gasteiger partial charge in [-0.3, -0.25) is 0 Å². The molecule has 13 heavy (non-hydrogen) atoms. The lowest BCUT2D eigenvalue weighted by atomic mass is 9.84. The molecule has 0 aromatic carbocycles. The molecule has 0 aliphatic rings. The summed E-state index contributed by atoms with van der Waals surface area (Å²) in [5.41, 5.74) is 4.89. The van der Waals surface area contributed by atoms with E-state index in [2.05, 4.69) is 40.4 Å². The van der Waals surface area contributed by atoms with Crippen LogP contribution >= 0.6 is 0 Å². The topological polar surface area (TPSA) is 35.2 Å². The average molecular weight is 189 g/mol. The van der Waals surface area contributed by atoms with Crippen molar-refractivity contribution < 1.29 is 4.74 Å². The predicted molar refractivity (Wildman–Crippen MR) is 59.9 cm³/mol. The molecule has 2 heteroatoms. The molecule has 0 bridgehead atoms. The second-order valence-corrected chi connectivity index (χ2v) is 4.93. The molecule has 0 spiro atoms. The Morgan fingerprint density at radius 2 is 1.38 bits per heavy atom. The van der Waals surface area contributed by atoms with Crippen LogP contribution in [0.5, 0.6) is 0 Å². The summed E-state index contributed by atoms with van der Waals surface area (Å²) < 4.78 is 5.61. The SMILES string of the molecule is CCOC(C)(C)CC(C)(C)C.CN. The highest BCUT2D eigenvalue weighted by atomic mass is 16.5. The molecule has 0 aliphatic carbocycles. The Kier molecular flexibility index (Phi) is 7.56. The highest BCUT2D eigenvalue weighted by molar-refractivity contribution is 4.76. The number of ether oxygens (including phenoxy) is 1. The van der Waals surface area contributed by atoms with Gasteiger partial charge in [0.2, 0.25) is 0 Å². The predicted octanol–water partition coefficient (Wildman–Crippen LogP) is 2.81. The molecule has 0 amide bonds. The van der Waals surface area contributed by atoms with Crippen LogP contribution in [0.4, 0.5) is 0 Å². The fourth-order valence-electron chi connectivity index (χ4n) is 1.72. The Morgan fingerprint density at radius 1 is 1.00 bits per heavy atom. The summed E-state index contributed by atoms with van der Waals surface area (Å²) in [5, 5.41) is 0. The molecule has 82 valence electrons. The summed E-state index contributed by atoms with van der Waals surface area (Å²) in [6, 6.07) is 0. The third kappa shape index (κ3) is 11.9. The highest BCUT2D eigenvalue weighted by Gasteiger charge is 2.25. The van der Waals surface area contributed by atoms with Crippen LogP contribution in [0, 0.1) is 5.41 Å². The average Bonchev–Trinajstić information content (AvgIpc) is 1.85. The van der Waals surface area contributed by atoms with Crippen LogP contribution in [0.15, 0.2) is 0 Å². The molecule has 2 N–H and O–H groups in total. The second kappa shape index (κ2) is 6.39. The van der Waals surface area contributed by atoms with Gasteiger partial charge in [-0.2, -0.15) is 0 Å². The Hall–Kier alpha value is -0.0800. The molecule has 0 atom stereocenters. The van der Waals surface area contributed by atoms with Crippen LogP contribution in [-0.4, -0.2) is 19.3 Å². The number of hydrogen-bond acceptors (Lipinski definition) is 2. The molecule has 0 heterocycles. The van der Waals surface area contributed by atoms with Crippen molar-refractivity contribution in [2.45, 2.75) is 53.6 Å². The van der Waals surface area contributed by atoms with Crippen LogP contribution in [0.2, 0.25) is 0 Å². The minimum Gasteiger partial charge on any atom is -0.376 e. The number of rotatable bonds is 3. The Balaban J connectivity index is 0. The molecule has 0 fully saturated rings. The quantitative estimate of drug-likeness (QED) is 0.741. The zero-order valence-electron chi connectivity index (χ0n) is 10.4. The minimum atomic E-state index is 0.0347. The first-order valence-electron chi connectivity index (χ1n) is 4.98. The molecule has 0 radical (unpaired) electrons. The van der Waals surface area contributed by atoms with Gasteiger partial charge < -0.3 is 10.5 Å². The molecule has 0 rings (SSSR count). The van der Waals surface area contributed by atoms with Crippen molar-refractivity contribution in [1.29, 1.82) is 0 Å². The fraction of sp³-hybridized carbons (Fsp3) is 1.00. The van der Waals surface area contributed by atoms with Gasteiger partial charge in [0.05, 0.1) is 5.60 Å². The van der Waals surface area contributed by atoms with Gasteiger partial charge in [0, 0.05) is 6.61 Å². The summed E-state index contributed by atoms with van der Waals surface area (Å²) in [6.45, 7) is 13.9. The Labute approximate surface area is 83.8 Å². The number of nitrogens with two attached hydrogens (primary N) is 1. The normalized spacial score (nSPS) is 12.0. The van der Waals surface area contributed by atoms with Gasteiger partial charge >= 0.3 is 0 Å². The summed E-state index contributed by atoms with van der Waals surface area (Å²) in [4.78, 5) is 0. The van der Waals surface area contributed by atoms with Crippen molar-refractivity contribution in [3.05, 3.63) is 0 Å². The van der Waals surface area contributed by atoms with Crippen molar-refractivity contribution in [2.75, 3.05) is 13.7 Å². The minimum absolute atomic E-state index is 0.0347. The third-order valence-corrected chi connectivity index (χ3v) is 1.49. The van der Waals surface area contributed by atoms with Crippen molar-refractivity contribution in [2.24, 2.45) is 11.1 Å². The third-order valence-electron chi connectivity index (χ3n) is 1.49. The molecule has 0 saturated heterocycles. The van der Waals surface area contributed by atoms with E-state index in [-0.39, 0.29) is 5.60 Å². The van der Waals surface area contributed by atoms with E-state index < -0.39 is 0 Å². The van der Waals surface area contributed by atoms with E-state index in [4.69, 9.17) is 4.74 Å². The molecule has 0 aromatic heterocycles. The van der Waals surface area contributed by atoms with Gasteiger partial charge in [-0.1, -0.05) is 20.8 Å². The van der Waals surface area contributed by atoms with Crippen LogP contribution in [0.1, 0.15) is 48.0 Å². The molecular formula is C11H27NO. The Morgan fingerprint density at radius 3 is 1.62 bits per heavy atom. The maximum Gasteiger partial charge on any atom is 0.0631 e. The van der Waals surface area contributed by atoms with E-state index in [0.29, 0.717) is 5.41 Å². The maximum absolute atomic E-state index is 5.61. The first kappa shape index (κ1) is 15.4. The van der Waals surface area contributed by atoms with Crippen molar-refractivity contribution >= 4 is 0 Å². The lowest BCUT2D eigenvalue weighted by Crippen LogP contribution is -2.30. The zero-order valence-corrected chi connectivity index (χ0v) is 10.4. The van der Waals surface area contributed by atoms with Crippen molar-refractivity contribution in [3.63, 3.8) is 0 Å². The highest BCUT2D eigenvalue weighted by Crippen LogP contribution is 2.29. The summed E-state index contributed by atoms with van der Waals surface area (Å²) in [6.07, 6.45) is 1.10. The molecule has 0 aromatic rings. The molecular weight excluding hydrogens is 162 g/mol. The largest absolute Gasteiger partial charge is 0.376 e. The van der Waals surface area contributed by atoms with E-state index in [1.165, 1.54) is 7.05 Å². The van der Waals surface area contributed by atoms with E-state index in [9.17, 15) is 0 Å². The van der Waals surface area contributed by atoms with Crippen LogP contribution in [0.3, 0.4) is 0 Å². The van der Waals surface area contributed by atoms with Gasteiger partial charge in [-0.25, -0.2) is 0 Å². The van der Waals surface area contributed by atoms with E-state index in [0.717, 1.165) is 13.0 Å². The lowest BCUT2D eigenvalue weighted by Gasteiger charge is -2.32. The van der Waals surface area contributed by atoms with E-state index in [1.54, 1.807) is 0 Å². The van der Waals surface area contributed by atoms with Crippen LogP contribution in [0.25, 0.3) is 0 Å². The van der Waals surface area contributed by atoms with E-state index in [1.807, 2.05) is 6.92 Å². The monoisotopic (exact) mass is 189 g/mol. The Bertz CT molecular complexity index is 114. The molecule has 0 unspecified atom stereocenters. The summed E-state index contributed by atoms with van der Waals surface area (Å²) >= 11 is 0. The van der Waals surface area contributed by atoms with Crippen molar-refractivity contribution in [1.82, 2.24) is 0 Å². The smallest absolute Gasteiger partial charge is 0.0631 e. The maximum atomic E-state index is 5.61. The van der Waals surface area contributed by atoms with Gasteiger partial charge in [0.25, 0.3) is 0 Å². The van der Waals surface area contributed by atoms with E-state index >= 15 is 0 Å². The zero-order chi connectivity index (χ0) is 11.1. The summed E-state index contributed by atoms with van der Waals surface area (Å²) in [7, 11) is 1.50. The molecule has 0 aliphatic heterocycles. The van der Waals surface area contributed by atoms with Crippen LogP contribution < -0.4 is 5.73 Å². The first-order chi connectivity index (χ1) is 5.77. The van der Waals surface area contributed by atoms with Gasteiger partial charge in [0.1, 0.15) is 0 Å². The summed E-state index contributed by atoms with van der Waals surface area (Å²) in [5.74, 6) is 0. The number of hydrogen-bond donors (Lipinski definition) is 1. The first-order valence-corrected chi connectivity index (χ1v) is 4.98. The fourth-order valence-corrected chi connectivity index (χ4v) is 1.72. The molecule has 0 saturated carbocycles. The standard InChI is InChI=1S/C10H22O.CH5N/c1-7-11-10(5,6)8-9(2,3)4;1-2/h7-8H2,1-6H3;2H2,1H3. The van der Waals surface area contributed by atoms with Crippen molar-refractivity contribution in [3.8, 4) is 0 Å². The van der Waals surface area contributed by atoms with Gasteiger partial charge in [-0.05, 0) is 39.7 Å².